The zero-order valence-corrected chi connectivity index (χ0v) is 12.2. The van der Waals surface area contributed by atoms with Crippen molar-refractivity contribution < 1.29 is 9.21 Å². The van der Waals surface area contributed by atoms with Crippen LogP contribution in [0.25, 0.3) is 0 Å². The number of aryl methyl sites for hydroxylation is 1. The van der Waals surface area contributed by atoms with Crippen LogP contribution in [0.15, 0.2) is 35.2 Å². The van der Waals surface area contributed by atoms with Gasteiger partial charge in [0.15, 0.2) is 0 Å². The fourth-order valence-corrected chi connectivity index (χ4v) is 2.70. The zero-order chi connectivity index (χ0) is 14.7. The smallest absolute Gasteiger partial charge is 0.223 e. The van der Waals surface area contributed by atoms with Gasteiger partial charge in [-0.15, -0.1) is 0 Å². The van der Waals surface area contributed by atoms with E-state index in [1.54, 1.807) is 12.5 Å². The Morgan fingerprint density at radius 1 is 1.52 bits per heavy atom. The highest BCUT2D eigenvalue weighted by Crippen LogP contribution is 2.21. The van der Waals surface area contributed by atoms with Crippen LogP contribution < -0.4 is 0 Å². The van der Waals surface area contributed by atoms with Gasteiger partial charge in [0.1, 0.15) is 11.6 Å². The summed E-state index contributed by atoms with van der Waals surface area (Å²) in [4.78, 5) is 24.0. The maximum absolute atomic E-state index is 12.4. The lowest BCUT2D eigenvalue weighted by atomic mass is 10.1. The molecule has 6 heteroatoms. The molecule has 1 saturated heterocycles. The topological polar surface area (TPSA) is 65.4 Å². The monoisotopic (exact) mass is 288 g/mol. The number of likely N-dealkylation sites (N-methyl/N-ethyl adjacent to an activating group) is 1. The van der Waals surface area contributed by atoms with E-state index >= 15 is 0 Å². The van der Waals surface area contributed by atoms with Crippen LogP contribution in [-0.4, -0.2) is 52.4 Å². The molecule has 0 aliphatic carbocycles. The maximum atomic E-state index is 12.4. The molecule has 0 saturated carbocycles. The Labute approximate surface area is 123 Å². The maximum Gasteiger partial charge on any atom is 0.223 e. The molecular weight excluding hydrogens is 268 g/mol. The summed E-state index contributed by atoms with van der Waals surface area (Å²) in [7, 11) is 2.07. The Morgan fingerprint density at radius 3 is 3.14 bits per heavy atom. The van der Waals surface area contributed by atoms with Crippen LogP contribution in [0.1, 0.15) is 24.0 Å². The minimum Gasteiger partial charge on any atom is -0.469 e. The highest BCUT2D eigenvalue weighted by Gasteiger charge is 2.29. The first-order valence-electron chi connectivity index (χ1n) is 7.23. The largest absolute Gasteiger partial charge is 0.469 e. The summed E-state index contributed by atoms with van der Waals surface area (Å²) in [5, 5.41) is 0. The third-order valence-corrected chi connectivity index (χ3v) is 4.00. The number of hydrogen-bond donors (Lipinski definition) is 1. The van der Waals surface area contributed by atoms with Crippen molar-refractivity contribution in [2.75, 3.05) is 26.7 Å². The van der Waals surface area contributed by atoms with Crippen molar-refractivity contribution in [3.05, 3.63) is 42.4 Å². The molecule has 1 aliphatic rings. The number of carbonyl (C=O) groups excluding carboxylic acids is 1. The second kappa shape index (κ2) is 6.13. The first kappa shape index (κ1) is 13.9. The lowest BCUT2D eigenvalue weighted by Crippen LogP contribution is -2.49. The Morgan fingerprint density at radius 2 is 2.43 bits per heavy atom. The van der Waals surface area contributed by atoms with E-state index in [0.717, 1.165) is 24.7 Å². The number of hydrogen-bond acceptors (Lipinski definition) is 4. The Hall–Kier alpha value is -2.08. The third-order valence-electron chi connectivity index (χ3n) is 4.00. The van der Waals surface area contributed by atoms with Crippen LogP contribution in [0, 0.1) is 0 Å². The van der Waals surface area contributed by atoms with Gasteiger partial charge in [0, 0.05) is 44.9 Å². The second-order valence-corrected chi connectivity index (χ2v) is 5.39. The number of nitrogens with zero attached hydrogens (tertiary/aromatic N) is 3. The summed E-state index contributed by atoms with van der Waals surface area (Å²) in [6.45, 7) is 2.31. The van der Waals surface area contributed by atoms with Gasteiger partial charge in [0.25, 0.3) is 0 Å². The van der Waals surface area contributed by atoms with Crippen molar-refractivity contribution in [3.8, 4) is 0 Å². The number of nitrogens with one attached hydrogen (secondary N) is 1. The SMILES string of the molecule is CN1CCN(C(=O)CCc2ccco2)C[C@H]1c1ncc[nH]1. The molecule has 0 unspecified atom stereocenters. The van der Waals surface area contributed by atoms with Gasteiger partial charge in [-0.25, -0.2) is 4.98 Å². The van der Waals surface area contributed by atoms with E-state index in [4.69, 9.17) is 4.42 Å². The standard InChI is InChI=1S/C15H20N4O2/c1-18-8-9-19(11-13(18)15-16-6-7-17-15)14(20)5-4-12-3-2-10-21-12/h2-3,6-7,10,13H,4-5,8-9,11H2,1H3,(H,16,17)/t13-/m0/s1. The molecule has 112 valence electrons. The molecule has 6 nitrogen and oxygen atoms in total. The van der Waals surface area contributed by atoms with Gasteiger partial charge in [0.2, 0.25) is 5.91 Å². The van der Waals surface area contributed by atoms with E-state index in [9.17, 15) is 4.79 Å². The summed E-state index contributed by atoms with van der Waals surface area (Å²) in [6.07, 6.45) is 6.36. The third kappa shape index (κ3) is 3.16. The quantitative estimate of drug-likeness (QED) is 0.925. The molecule has 0 radical (unpaired) electrons. The van der Waals surface area contributed by atoms with E-state index < -0.39 is 0 Å². The molecule has 2 aromatic rings. The van der Waals surface area contributed by atoms with Crippen molar-refractivity contribution in [3.63, 3.8) is 0 Å². The molecule has 1 fully saturated rings. The van der Waals surface area contributed by atoms with Crippen molar-refractivity contribution in [2.24, 2.45) is 0 Å². The summed E-state index contributed by atoms with van der Waals surface area (Å²) < 4.78 is 5.27. The molecule has 1 aliphatic heterocycles. The van der Waals surface area contributed by atoms with Crippen molar-refractivity contribution in [1.82, 2.24) is 19.8 Å². The average molecular weight is 288 g/mol. The van der Waals surface area contributed by atoms with E-state index in [0.29, 0.717) is 19.4 Å². The number of furan rings is 1. The van der Waals surface area contributed by atoms with Gasteiger partial charge >= 0.3 is 0 Å². The normalized spacial score (nSPS) is 19.9. The molecule has 1 amide bonds. The van der Waals surface area contributed by atoms with Gasteiger partial charge in [-0.2, -0.15) is 0 Å². The minimum absolute atomic E-state index is 0.140. The molecule has 3 rings (SSSR count). The van der Waals surface area contributed by atoms with E-state index in [2.05, 4.69) is 21.9 Å². The van der Waals surface area contributed by atoms with Crippen LogP contribution in [0.5, 0.6) is 0 Å². The molecule has 2 aromatic heterocycles. The highest BCUT2D eigenvalue weighted by molar-refractivity contribution is 5.76. The summed E-state index contributed by atoms with van der Waals surface area (Å²) in [5.41, 5.74) is 0. The lowest BCUT2D eigenvalue weighted by Gasteiger charge is -2.38. The second-order valence-electron chi connectivity index (χ2n) is 5.39. The van der Waals surface area contributed by atoms with Crippen molar-refractivity contribution >= 4 is 5.91 Å². The van der Waals surface area contributed by atoms with Gasteiger partial charge < -0.3 is 14.3 Å². The highest BCUT2D eigenvalue weighted by atomic mass is 16.3. The minimum atomic E-state index is 0.140. The summed E-state index contributed by atoms with van der Waals surface area (Å²) >= 11 is 0. The molecule has 0 spiro atoms. The molecule has 0 bridgehead atoms. The molecule has 1 N–H and O–H groups in total. The van der Waals surface area contributed by atoms with Gasteiger partial charge in [-0.3, -0.25) is 9.69 Å². The van der Waals surface area contributed by atoms with Crippen LogP contribution in [0.4, 0.5) is 0 Å². The molecule has 3 heterocycles. The summed E-state index contributed by atoms with van der Waals surface area (Å²) in [5.74, 6) is 1.96. The first-order chi connectivity index (χ1) is 10.2. The van der Waals surface area contributed by atoms with Crippen LogP contribution in [0.3, 0.4) is 0 Å². The van der Waals surface area contributed by atoms with Crippen LogP contribution >= 0.6 is 0 Å². The fraction of sp³-hybridized carbons (Fsp3) is 0.467. The number of H-pyrrole nitrogens is 1. The predicted octanol–water partition coefficient (Wildman–Crippen LogP) is 1.45. The average Bonchev–Trinajstić information content (AvgIpc) is 3.18. The van der Waals surface area contributed by atoms with Gasteiger partial charge in [-0.1, -0.05) is 0 Å². The Kier molecular flexibility index (Phi) is 4.06. The van der Waals surface area contributed by atoms with E-state index in [-0.39, 0.29) is 11.9 Å². The Balaban J connectivity index is 1.59. The van der Waals surface area contributed by atoms with Crippen molar-refractivity contribution in [2.45, 2.75) is 18.9 Å². The number of aromatic nitrogens is 2. The lowest BCUT2D eigenvalue weighted by molar-refractivity contribution is -0.134. The molecular formula is C15H20N4O2. The van der Waals surface area contributed by atoms with Crippen LogP contribution in [-0.2, 0) is 11.2 Å². The number of carbonyl (C=O) groups is 1. The first-order valence-corrected chi connectivity index (χ1v) is 7.23. The number of aromatic amines is 1. The predicted molar refractivity (Wildman–Crippen MR) is 77.6 cm³/mol. The number of imidazole rings is 1. The van der Waals surface area contributed by atoms with Crippen LogP contribution in [0.2, 0.25) is 0 Å². The Bertz CT molecular complexity index is 565. The van der Waals surface area contributed by atoms with Gasteiger partial charge in [-0.05, 0) is 19.2 Å². The molecule has 0 aromatic carbocycles. The zero-order valence-electron chi connectivity index (χ0n) is 12.2. The number of rotatable bonds is 4. The van der Waals surface area contributed by atoms with E-state index in [1.165, 1.54) is 0 Å². The van der Waals surface area contributed by atoms with Gasteiger partial charge in [0.05, 0.1) is 12.3 Å². The molecule has 1 atom stereocenters. The number of piperazine rings is 1. The van der Waals surface area contributed by atoms with Crippen molar-refractivity contribution in [1.29, 1.82) is 0 Å². The summed E-state index contributed by atoms with van der Waals surface area (Å²) in [6, 6.07) is 3.90. The number of amides is 1. The molecule has 21 heavy (non-hydrogen) atoms. The van der Waals surface area contributed by atoms with E-state index in [1.807, 2.05) is 23.2 Å². The fourth-order valence-electron chi connectivity index (χ4n) is 2.70.